The van der Waals surface area contributed by atoms with Crippen molar-refractivity contribution in [1.82, 2.24) is 9.55 Å². The summed E-state index contributed by atoms with van der Waals surface area (Å²) >= 11 is 0. The summed E-state index contributed by atoms with van der Waals surface area (Å²) in [7, 11) is 3.24. The van der Waals surface area contributed by atoms with Crippen LogP contribution in [0.4, 0.5) is 0 Å². The number of carbonyl (C=O) groups excluding carboxylic acids is 1. The van der Waals surface area contributed by atoms with Gasteiger partial charge in [0.15, 0.2) is 0 Å². The van der Waals surface area contributed by atoms with Crippen LogP contribution in [0.2, 0.25) is 0 Å². The maximum absolute atomic E-state index is 11.9. The molecule has 0 aliphatic carbocycles. The highest BCUT2D eigenvalue weighted by Crippen LogP contribution is 2.25. The zero-order valence-electron chi connectivity index (χ0n) is 14.7. The van der Waals surface area contributed by atoms with Crippen molar-refractivity contribution in [2.24, 2.45) is 7.05 Å². The molecule has 3 rings (SSSR count). The Balaban J connectivity index is 1.76. The fraction of sp³-hybridized carbons (Fsp3) is 0.200. The Bertz CT molecular complexity index is 875. The third-order valence-electron chi connectivity index (χ3n) is 3.84. The lowest BCUT2D eigenvalue weighted by molar-refractivity contribution is 0.0599. The third kappa shape index (κ3) is 4.42. The SMILES string of the molecule is COC(=O)c1cc(OCc2ccccc2)cc(OCc2nccn2C)c1. The van der Waals surface area contributed by atoms with E-state index in [0.29, 0.717) is 23.7 Å². The zero-order valence-corrected chi connectivity index (χ0v) is 14.7. The number of aromatic nitrogens is 2. The summed E-state index contributed by atoms with van der Waals surface area (Å²) < 4.78 is 18.3. The summed E-state index contributed by atoms with van der Waals surface area (Å²) in [4.78, 5) is 16.1. The van der Waals surface area contributed by atoms with E-state index >= 15 is 0 Å². The maximum Gasteiger partial charge on any atom is 0.338 e. The quantitative estimate of drug-likeness (QED) is 0.610. The third-order valence-corrected chi connectivity index (χ3v) is 3.84. The molecule has 2 aromatic carbocycles. The van der Waals surface area contributed by atoms with Crippen molar-refractivity contribution in [1.29, 1.82) is 0 Å². The second-order valence-electron chi connectivity index (χ2n) is 5.70. The predicted octanol–water partition coefficient (Wildman–Crippen LogP) is 3.36. The van der Waals surface area contributed by atoms with Gasteiger partial charge in [0, 0.05) is 25.5 Å². The highest BCUT2D eigenvalue weighted by atomic mass is 16.5. The second-order valence-corrected chi connectivity index (χ2v) is 5.70. The minimum absolute atomic E-state index is 0.284. The summed E-state index contributed by atoms with van der Waals surface area (Å²) in [6, 6.07) is 14.8. The average Bonchev–Trinajstić information content (AvgIpc) is 3.09. The molecule has 0 radical (unpaired) electrons. The highest BCUT2D eigenvalue weighted by molar-refractivity contribution is 5.90. The van der Waals surface area contributed by atoms with Crippen LogP contribution in [0.1, 0.15) is 21.7 Å². The highest BCUT2D eigenvalue weighted by Gasteiger charge is 2.11. The molecule has 6 nitrogen and oxygen atoms in total. The van der Waals surface area contributed by atoms with Crippen molar-refractivity contribution in [3.8, 4) is 11.5 Å². The first-order valence-electron chi connectivity index (χ1n) is 8.15. The molecule has 0 bridgehead atoms. The smallest absolute Gasteiger partial charge is 0.338 e. The van der Waals surface area contributed by atoms with E-state index in [1.807, 2.05) is 48.1 Å². The van der Waals surface area contributed by atoms with Crippen molar-refractivity contribution in [3.63, 3.8) is 0 Å². The molecule has 6 heteroatoms. The number of ether oxygens (including phenoxy) is 3. The Morgan fingerprint density at radius 2 is 1.73 bits per heavy atom. The molecule has 0 atom stereocenters. The summed E-state index contributed by atoms with van der Waals surface area (Å²) in [6.07, 6.45) is 3.55. The van der Waals surface area contributed by atoms with Crippen LogP contribution in [0.25, 0.3) is 0 Å². The van der Waals surface area contributed by atoms with Gasteiger partial charge < -0.3 is 18.8 Å². The fourth-order valence-corrected chi connectivity index (χ4v) is 2.40. The van der Waals surface area contributed by atoms with Crippen LogP contribution in [0, 0.1) is 0 Å². The van der Waals surface area contributed by atoms with E-state index in [1.54, 1.807) is 24.4 Å². The Morgan fingerprint density at radius 3 is 2.35 bits per heavy atom. The summed E-state index contributed by atoms with van der Waals surface area (Å²) in [5, 5.41) is 0. The topological polar surface area (TPSA) is 62.6 Å². The van der Waals surface area contributed by atoms with Gasteiger partial charge in [-0.25, -0.2) is 9.78 Å². The molecular formula is C20H20N2O4. The molecule has 0 saturated carbocycles. The molecule has 1 heterocycles. The number of imidazole rings is 1. The van der Waals surface area contributed by atoms with E-state index < -0.39 is 5.97 Å². The Hall–Kier alpha value is -3.28. The standard InChI is InChI=1S/C20H20N2O4/c1-22-9-8-21-19(22)14-26-18-11-16(20(23)24-2)10-17(12-18)25-13-15-6-4-3-5-7-15/h3-12H,13-14H2,1-2H3. The molecule has 3 aromatic rings. The molecule has 0 aliphatic heterocycles. The molecule has 0 fully saturated rings. The van der Waals surface area contributed by atoms with E-state index in [4.69, 9.17) is 14.2 Å². The molecule has 0 amide bonds. The Kier molecular flexibility index (Phi) is 5.53. The summed E-state index contributed by atoms with van der Waals surface area (Å²) in [6.45, 7) is 0.677. The second kappa shape index (κ2) is 8.20. The average molecular weight is 352 g/mol. The van der Waals surface area contributed by atoms with Gasteiger partial charge in [-0.05, 0) is 17.7 Å². The van der Waals surface area contributed by atoms with Crippen LogP contribution in [0.15, 0.2) is 60.9 Å². The number of rotatable bonds is 7. The summed E-state index contributed by atoms with van der Waals surface area (Å²) in [5.41, 5.74) is 1.40. The van der Waals surface area contributed by atoms with Crippen molar-refractivity contribution in [2.75, 3.05) is 7.11 Å². The molecule has 0 N–H and O–H groups in total. The molecule has 26 heavy (non-hydrogen) atoms. The van der Waals surface area contributed by atoms with Crippen LogP contribution >= 0.6 is 0 Å². The van der Waals surface area contributed by atoms with E-state index in [-0.39, 0.29) is 6.61 Å². The van der Waals surface area contributed by atoms with E-state index in [9.17, 15) is 4.79 Å². The molecule has 0 aliphatic rings. The number of carbonyl (C=O) groups is 1. The number of nitrogens with zero attached hydrogens (tertiary/aromatic N) is 2. The predicted molar refractivity (Wildman–Crippen MR) is 96.1 cm³/mol. The lowest BCUT2D eigenvalue weighted by Gasteiger charge is -2.12. The van der Waals surface area contributed by atoms with E-state index in [1.165, 1.54) is 7.11 Å². The lowest BCUT2D eigenvalue weighted by atomic mass is 10.2. The number of benzene rings is 2. The Labute approximate surface area is 152 Å². The number of hydrogen-bond acceptors (Lipinski definition) is 5. The maximum atomic E-state index is 11.9. The molecule has 134 valence electrons. The van der Waals surface area contributed by atoms with Crippen molar-refractivity contribution >= 4 is 5.97 Å². The van der Waals surface area contributed by atoms with Crippen LogP contribution in [0.3, 0.4) is 0 Å². The van der Waals surface area contributed by atoms with Gasteiger partial charge in [0.25, 0.3) is 0 Å². The molecule has 0 saturated heterocycles. The normalized spacial score (nSPS) is 10.4. The van der Waals surface area contributed by atoms with Crippen LogP contribution < -0.4 is 9.47 Å². The van der Waals surface area contributed by atoms with Gasteiger partial charge in [-0.1, -0.05) is 30.3 Å². The summed E-state index contributed by atoms with van der Waals surface area (Å²) in [5.74, 6) is 1.38. The first-order valence-corrected chi connectivity index (χ1v) is 8.15. The van der Waals surface area contributed by atoms with Gasteiger partial charge in [0.05, 0.1) is 12.7 Å². The van der Waals surface area contributed by atoms with Gasteiger partial charge in [-0.15, -0.1) is 0 Å². The van der Waals surface area contributed by atoms with E-state index in [0.717, 1.165) is 11.4 Å². The van der Waals surface area contributed by atoms with Gasteiger partial charge in [0.1, 0.15) is 30.5 Å². The van der Waals surface area contributed by atoms with Gasteiger partial charge in [-0.2, -0.15) is 0 Å². The zero-order chi connectivity index (χ0) is 18.4. The van der Waals surface area contributed by atoms with Crippen molar-refractivity contribution < 1.29 is 19.0 Å². The Morgan fingerprint density at radius 1 is 1.04 bits per heavy atom. The molecule has 0 spiro atoms. The number of aryl methyl sites for hydroxylation is 1. The van der Waals surface area contributed by atoms with Crippen LogP contribution in [-0.4, -0.2) is 22.6 Å². The molecule has 0 unspecified atom stereocenters. The first-order chi connectivity index (χ1) is 12.7. The van der Waals surface area contributed by atoms with Crippen LogP contribution in [-0.2, 0) is 25.0 Å². The van der Waals surface area contributed by atoms with Crippen molar-refractivity contribution in [3.05, 3.63) is 77.9 Å². The van der Waals surface area contributed by atoms with Gasteiger partial charge in [0.2, 0.25) is 0 Å². The molecule has 1 aromatic heterocycles. The van der Waals surface area contributed by atoms with Gasteiger partial charge in [-0.3, -0.25) is 0 Å². The minimum Gasteiger partial charge on any atom is -0.489 e. The largest absolute Gasteiger partial charge is 0.489 e. The monoisotopic (exact) mass is 352 g/mol. The van der Waals surface area contributed by atoms with E-state index in [2.05, 4.69) is 4.98 Å². The number of methoxy groups -OCH3 is 1. The minimum atomic E-state index is -0.447. The fourth-order valence-electron chi connectivity index (χ4n) is 2.40. The van der Waals surface area contributed by atoms with Crippen molar-refractivity contribution in [2.45, 2.75) is 13.2 Å². The number of hydrogen-bond donors (Lipinski definition) is 0. The number of esters is 1. The van der Waals surface area contributed by atoms with Gasteiger partial charge >= 0.3 is 5.97 Å². The lowest BCUT2D eigenvalue weighted by Crippen LogP contribution is -2.06. The first kappa shape index (κ1) is 17.5. The van der Waals surface area contributed by atoms with Crippen LogP contribution in [0.5, 0.6) is 11.5 Å². The molecular weight excluding hydrogens is 332 g/mol.